The maximum absolute atomic E-state index is 13.3. The van der Waals surface area contributed by atoms with Gasteiger partial charge in [0.2, 0.25) is 0 Å². The van der Waals surface area contributed by atoms with Gasteiger partial charge in [-0.25, -0.2) is 17.6 Å². The van der Waals surface area contributed by atoms with Gasteiger partial charge in [-0.1, -0.05) is 0 Å². The first kappa shape index (κ1) is 72.1. The summed E-state index contributed by atoms with van der Waals surface area (Å²) in [6.07, 6.45) is -60.0. The van der Waals surface area contributed by atoms with Crippen LogP contribution in [-0.2, 0) is 9.47 Å². The van der Waals surface area contributed by atoms with Crippen molar-refractivity contribution < 1.29 is 177 Å². The molecule has 1 saturated heterocycles. The summed E-state index contributed by atoms with van der Waals surface area (Å²) in [5, 5.41) is 25.0. The van der Waals surface area contributed by atoms with Crippen LogP contribution in [-0.4, -0.2) is 156 Å². The second-order valence-electron chi connectivity index (χ2n) is 12.8. The Morgan fingerprint density at radius 1 is 0.500 bits per heavy atom. The summed E-state index contributed by atoms with van der Waals surface area (Å²) in [6.45, 7) is -0.191. The van der Waals surface area contributed by atoms with Gasteiger partial charge in [0.25, 0.3) is 22.7 Å². The zero-order chi connectivity index (χ0) is 52.6. The third kappa shape index (κ3) is 22.7. The molecule has 0 saturated carbocycles. The molecule has 396 valence electrons. The van der Waals surface area contributed by atoms with E-state index in [0.717, 1.165) is 11.8 Å². The number of epoxide rings is 1. The molecule has 3 N–H and O–H groups in total. The Labute approximate surface area is 385 Å². The minimum Gasteiger partial charge on any atom is -0.397 e. The van der Waals surface area contributed by atoms with E-state index in [1.54, 1.807) is 6.92 Å². The molecule has 0 aliphatic carbocycles. The minimum atomic E-state index is -6.24. The molecule has 2 atom stereocenters. The van der Waals surface area contributed by atoms with Crippen LogP contribution in [0.15, 0.2) is 0 Å². The fraction of sp³-hybridized carbons (Fsp3) is 1.00. The van der Waals surface area contributed by atoms with Crippen LogP contribution in [0.25, 0.3) is 0 Å². The van der Waals surface area contributed by atoms with E-state index < -0.39 is 154 Å². The number of hydrogen-bond donors (Lipinski definition) is 3. The third-order valence-corrected chi connectivity index (χ3v) is 9.81. The molecule has 36 heteroatoms. The van der Waals surface area contributed by atoms with E-state index in [4.69, 9.17) is 14.9 Å². The van der Waals surface area contributed by atoms with E-state index in [1.807, 2.05) is 0 Å². The van der Waals surface area contributed by atoms with Crippen molar-refractivity contribution in [3.8, 4) is 0 Å². The predicted octanol–water partition coefficient (Wildman–Crippen LogP) is 8.87. The number of halogens is 28. The van der Waals surface area contributed by atoms with Crippen LogP contribution in [0.2, 0.25) is 0 Å². The van der Waals surface area contributed by atoms with E-state index in [9.17, 15) is 128 Å². The Kier molecular flexibility index (Phi) is 30.5. The maximum atomic E-state index is 13.3. The smallest absolute Gasteiger partial charge is 0.397 e. The van der Waals surface area contributed by atoms with Crippen LogP contribution >= 0.6 is 23.5 Å². The second-order valence-corrected chi connectivity index (χ2v) is 15.1. The van der Waals surface area contributed by atoms with Crippen molar-refractivity contribution in [3.63, 3.8) is 0 Å². The summed E-state index contributed by atoms with van der Waals surface area (Å²) < 4.78 is 352. The van der Waals surface area contributed by atoms with E-state index >= 15 is 0 Å². The monoisotopic (exact) mass is 1100 g/mol. The number of aliphatic hydroxyl groups excluding tert-OH is 3. The van der Waals surface area contributed by atoms with Gasteiger partial charge >= 0.3 is 79.0 Å². The van der Waals surface area contributed by atoms with Crippen LogP contribution in [0, 0.1) is 0 Å². The van der Waals surface area contributed by atoms with Crippen molar-refractivity contribution in [3.05, 3.63) is 0 Å². The van der Waals surface area contributed by atoms with Crippen LogP contribution in [0.3, 0.4) is 0 Å². The van der Waals surface area contributed by atoms with Crippen LogP contribution in [0.4, 0.5) is 123 Å². The molecule has 0 spiro atoms. The largest absolute Gasteiger partial charge is 1.00 e. The first-order valence-electron chi connectivity index (χ1n) is 17.2. The molecule has 1 rings (SSSR count). The molecule has 1 aliphatic heterocycles. The van der Waals surface area contributed by atoms with Crippen LogP contribution < -0.4 is 29.6 Å². The van der Waals surface area contributed by atoms with Crippen LogP contribution in [0.5, 0.6) is 0 Å². The standard InChI is InChI=1S/C14H16F14O2S.C8H9F7OS.C6H7F7O.C2H6O.Na/c15-9(11(17,18)19,12(20,21)22)2-1-4-30-6-8(29)7-31-5-3-10(16,13(23,24)25)14(26,27)28;9-6(7(10,11)12,8(13,14)15)1-2-17-4-5-3-16-5;7-4(2-1-3-14,5(8,9)10)6(11,12)13;1-2-3;/h8,29H,1-7H2;5H,1-4H2;14H,1-3H2;3H,2H2,1H3;/q;;;;+1. The fourth-order valence-electron chi connectivity index (χ4n) is 3.81. The summed E-state index contributed by atoms with van der Waals surface area (Å²) in [7, 11) is 0. The number of hydrogen-bond acceptors (Lipinski definition) is 7. The molecule has 0 bridgehead atoms. The van der Waals surface area contributed by atoms with Gasteiger partial charge in [-0.3, -0.25) is 0 Å². The molecule has 2 unspecified atom stereocenters. The number of thioether (sulfide) groups is 2. The van der Waals surface area contributed by atoms with Crippen LogP contribution in [0.1, 0.15) is 45.4 Å². The topological polar surface area (TPSA) is 82.5 Å². The molecule has 0 radical (unpaired) electrons. The maximum Gasteiger partial charge on any atom is 1.00 e. The van der Waals surface area contributed by atoms with E-state index in [0.29, 0.717) is 6.61 Å². The molecular weight excluding hydrogens is 1060 g/mol. The molecule has 0 amide bonds. The molecule has 0 aromatic heterocycles. The Morgan fingerprint density at radius 3 is 1.05 bits per heavy atom. The van der Waals surface area contributed by atoms with E-state index in [2.05, 4.69) is 4.74 Å². The zero-order valence-electron chi connectivity index (χ0n) is 33.3. The van der Waals surface area contributed by atoms with Crippen molar-refractivity contribution in [1.82, 2.24) is 0 Å². The fourth-order valence-corrected chi connectivity index (χ4v) is 5.82. The summed E-state index contributed by atoms with van der Waals surface area (Å²) in [5.74, 6) is -1.89. The van der Waals surface area contributed by atoms with Gasteiger partial charge in [-0.05, 0) is 31.3 Å². The first-order chi connectivity index (χ1) is 28.7. The quantitative estimate of drug-likeness (QED) is 0.0517. The van der Waals surface area contributed by atoms with Gasteiger partial charge in [0.15, 0.2) is 0 Å². The van der Waals surface area contributed by atoms with Gasteiger partial charge in [0.1, 0.15) is 0 Å². The Morgan fingerprint density at radius 2 is 0.773 bits per heavy atom. The second kappa shape index (κ2) is 28.0. The number of aliphatic hydroxyl groups is 3. The van der Waals surface area contributed by atoms with Crippen molar-refractivity contribution in [2.75, 3.05) is 56.0 Å². The molecule has 0 aromatic rings. The number of rotatable bonds is 19. The van der Waals surface area contributed by atoms with Gasteiger partial charge in [0, 0.05) is 57.0 Å². The molecule has 66 heavy (non-hydrogen) atoms. The zero-order valence-corrected chi connectivity index (χ0v) is 37.0. The Bertz CT molecular complexity index is 1240. The predicted molar refractivity (Wildman–Crippen MR) is 173 cm³/mol. The normalized spacial score (nSPS) is 16.5. The summed E-state index contributed by atoms with van der Waals surface area (Å²) >= 11 is 1.09. The van der Waals surface area contributed by atoms with E-state index in [-0.39, 0.29) is 59.8 Å². The van der Waals surface area contributed by atoms with Crippen molar-refractivity contribution in [2.24, 2.45) is 0 Å². The Balaban J connectivity index is -0.000000461. The van der Waals surface area contributed by atoms with Gasteiger partial charge in [-0.15, -0.1) is 0 Å². The van der Waals surface area contributed by atoms with E-state index in [1.165, 1.54) is 0 Å². The van der Waals surface area contributed by atoms with Crippen molar-refractivity contribution >= 4 is 23.5 Å². The molecule has 1 fully saturated rings. The summed E-state index contributed by atoms with van der Waals surface area (Å²) in [5.41, 5.74) is -21.3. The molecular formula is C30H38F28NaO5S2+. The summed E-state index contributed by atoms with van der Waals surface area (Å²) in [6, 6.07) is 0. The molecule has 1 aliphatic rings. The third-order valence-electron chi connectivity index (χ3n) is 7.59. The van der Waals surface area contributed by atoms with Gasteiger partial charge in [-0.2, -0.15) is 129 Å². The number of ether oxygens (including phenoxy) is 2. The SMILES string of the molecule is CCO.FC(F)(F)C(F)(CCSCC1CO1)C(F)(F)F.OC(COCCCC(F)(C(F)(F)F)C(F)(F)F)CSCCC(F)(C(F)(F)F)C(F)(F)F.OCCCC(F)(C(F)(F)F)C(F)(F)F.[Na+]. The van der Waals surface area contributed by atoms with Gasteiger partial charge in [0.05, 0.1) is 25.4 Å². The first-order valence-corrected chi connectivity index (χ1v) is 19.5. The number of alkyl halides is 28. The van der Waals surface area contributed by atoms with Crippen molar-refractivity contribution in [2.45, 2.75) is 130 Å². The average Bonchev–Trinajstić information content (AvgIpc) is 3.92. The Hall–Kier alpha value is -0.460. The molecule has 0 aromatic carbocycles. The molecule has 5 nitrogen and oxygen atoms in total. The minimum absolute atomic E-state index is 0. The van der Waals surface area contributed by atoms with Crippen molar-refractivity contribution in [1.29, 1.82) is 0 Å². The summed E-state index contributed by atoms with van der Waals surface area (Å²) in [4.78, 5) is 0. The average molecular weight is 1100 g/mol. The van der Waals surface area contributed by atoms with Gasteiger partial charge < -0.3 is 24.8 Å². The molecule has 1 heterocycles.